The smallest absolute Gasteiger partial charge is 0.0300 e. The van der Waals surface area contributed by atoms with Crippen LogP contribution in [0.3, 0.4) is 0 Å². The molecule has 1 N–H and O–H groups in total. The topological polar surface area (TPSA) is 15.3 Å². The highest BCUT2D eigenvalue weighted by Gasteiger charge is 2.07. The van der Waals surface area contributed by atoms with E-state index < -0.39 is 0 Å². The molecule has 0 aliphatic rings. The lowest BCUT2D eigenvalue weighted by Crippen LogP contribution is -2.35. The van der Waals surface area contributed by atoms with Gasteiger partial charge in [0.25, 0.3) is 0 Å². The van der Waals surface area contributed by atoms with E-state index in [0.29, 0.717) is 6.04 Å². The van der Waals surface area contributed by atoms with Gasteiger partial charge in [0.2, 0.25) is 0 Å². The zero-order chi connectivity index (χ0) is 12.5. The van der Waals surface area contributed by atoms with E-state index in [4.69, 9.17) is 0 Å². The molecule has 0 saturated carbocycles. The molecular formula is C13H24N2S2. The molecule has 0 aliphatic heterocycles. The predicted molar refractivity (Wildman–Crippen MR) is 81.1 cm³/mol. The van der Waals surface area contributed by atoms with Crippen molar-refractivity contribution in [3.05, 3.63) is 22.4 Å². The Kier molecular flexibility index (Phi) is 7.93. The summed E-state index contributed by atoms with van der Waals surface area (Å²) in [6, 6.07) is 4.98. The van der Waals surface area contributed by atoms with Gasteiger partial charge >= 0.3 is 0 Å². The third kappa shape index (κ3) is 6.46. The number of hydrogen-bond acceptors (Lipinski definition) is 4. The van der Waals surface area contributed by atoms with E-state index >= 15 is 0 Å². The van der Waals surface area contributed by atoms with E-state index in [2.05, 4.69) is 48.0 Å². The molecular weight excluding hydrogens is 248 g/mol. The first-order valence-corrected chi connectivity index (χ1v) is 8.43. The third-order valence-electron chi connectivity index (χ3n) is 3.01. The SMILES string of the molecule is CSCCC(C)N(C)CCNCc1cccs1. The molecule has 0 bridgehead atoms. The first-order valence-electron chi connectivity index (χ1n) is 6.16. The van der Waals surface area contributed by atoms with Crippen LogP contribution in [0.1, 0.15) is 18.2 Å². The number of nitrogens with one attached hydrogen (secondary N) is 1. The largest absolute Gasteiger partial charge is 0.311 e. The van der Waals surface area contributed by atoms with Crippen molar-refractivity contribution in [1.29, 1.82) is 0 Å². The summed E-state index contributed by atoms with van der Waals surface area (Å²) >= 11 is 3.75. The molecule has 1 rings (SSSR count). The Morgan fingerprint density at radius 1 is 1.53 bits per heavy atom. The van der Waals surface area contributed by atoms with E-state index in [1.807, 2.05) is 23.1 Å². The molecule has 1 aromatic heterocycles. The normalized spacial score (nSPS) is 13.2. The maximum Gasteiger partial charge on any atom is 0.0300 e. The van der Waals surface area contributed by atoms with Crippen LogP contribution in [0.2, 0.25) is 0 Å². The Labute approximate surface area is 114 Å². The van der Waals surface area contributed by atoms with Gasteiger partial charge in [-0.05, 0) is 43.8 Å². The van der Waals surface area contributed by atoms with Gasteiger partial charge in [0.05, 0.1) is 0 Å². The summed E-state index contributed by atoms with van der Waals surface area (Å²) in [4.78, 5) is 3.86. The fourth-order valence-electron chi connectivity index (χ4n) is 1.61. The fraction of sp³-hybridized carbons (Fsp3) is 0.692. The van der Waals surface area contributed by atoms with Crippen molar-refractivity contribution in [1.82, 2.24) is 10.2 Å². The highest BCUT2D eigenvalue weighted by atomic mass is 32.2. The summed E-state index contributed by atoms with van der Waals surface area (Å²) < 4.78 is 0. The van der Waals surface area contributed by atoms with Crippen molar-refractivity contribution >= 4 is 23.1 Å². The Bertz CT molecular complexity index is 275. The van der Waals surface area contributed by atoms with Gasteiger partial charge < -0.3 is 10.2 Å². The van der Waals surface area contributed by atoms with Crippen LogP contribution in [0, 0.1) is 0 Å². The van der Waals surface area contributed by atoms with Gasteiger partial charge in [-0.25, -0.2) is 0 Å². The van der Waals surface area contributed by atoms with E-state index in [0.717, 1.165) is 19.6 Å². The van der Waals surface area contributed by atoms with Crippen molar-refractivity contribution in [2.24, 2.45) is 0 Å². The average molecular weight is 272 g/mol. The van der Waals surface area contributed by atoms with E-state index in [9.17, 15) is 0 Å². The van der Waals surface area contributed by atoms with Gasteiger partial charge in [0.15, 0.2) is 0 Å². The van der Waals surface area contributed by atoms with Crippen LogP contribution in [-0.2, 0) is 6.54 Å². The molecule has 17 heavy (non-hydrogen) atoms. The molecule has 4 heteroatoms. The molecule has 0 fully saturated rings. The van der Waals surface area contributed by atoms with Crippen molar-refractivity contribution in [2.45, 2.75) is 25.9 Å². The van der Waals surface area contributed by atoms with Crippen LogP contribution >= 0.6 is 23.1 Å². The first kappa shape index (κ1) is 15.0. The standard InChI is InChI=1S/C13H24N2S2/c1-12(6-10-16-3)15(2)8-7-14-11-13-5-4-9-17-13/h4-5,9,12,14H,6-8,10-11H2,1-3H3. The third-order valence-corrected chi connectivity index (χ3v) is 4.53. The maximum atomic E-state index is 3.49. The Morgan fingerprint density at radius 3 is 3.00 bits per heavy atom. The number of likely N-dealkylation sites (N-methyl/N-ethyl adjacent to an activating group) is 1. The van der Waals surface area contributed by atoms with Crippen molar-refractivity contribution < 1.29 is 0 Å². The Balaban J connectivity index is 2.05. The van der Waals surface area contributed by atoms with Crippen LogP contribution < -0.4 is 5.32 Å². The summed E-state index contributed by atoms with van der Waals surface area (Å²) in [7, 11) is 2.22. The Hall–Kier alpha value is -0.0300. The molecule has 0 radical (unpaired) electrons. The minimum absolute atomic E-state index is 0.686. The van der Waals surface area contributed by atoms with Crippen LogP contribution in [-0.4, -0.2) is 43.1 Å². The highest BCUT2D eigenvalue weighted by molar-refractivity contribution is 7.98. The van der Waals surface area contributed by atoms with Gasteiger partial charge in [0.1, 0.15) is 0 Å². The lowest BCUT2D eigenvalue weighted by molar-refractivity contribution is 0.253. The Morgan fingerprint density at radius 2 is 2.35 bits per heavy atom. The highest BCUT2D eigenvalue weighted by Crippen LogP contribution is 2.07. The summed E-state index contributed by atoms with van der Waals surface area (Å²) in [5.41, 5.74) is 0. The minimum atomic E-state index is 0.686. The second-order valence-electron chi connectivity index (χ2n) is 4.37. The lowest BCUT2D eigenvalue weighted by Gasteiger charge is -2.24. The molecule has 0 aliphatic carbocycles. The van der Waals surface area contributed by atoms with Crippen molar-refractivity contribution in [3.8, 4) is 0 Å². The number of hydrogen-bond donors (Lipinski definition) is 1. The number of nitrogens with zero attached hydrogens (tertiary/aromatic N) is 1. The minimum Gasteiger partial charge on any atom is -0.311 e. The number of rotatable bonds is 9. The van der Waals surface area contributed by atoms with Gasteiger partial charge in [-0.3, -0.25) is 0 Å². The van der Waals surface area contributed by atoms with Crippen LogP contribution in [0.25, 0.3) is 0 Å². The molecule has 0 amide bonds. The predicted octanol–water partition coefficient (Wildman–Crippen LogP) is 2.91. The first-order chi connectivity index (χ1) is 8.24. The van der Waals surface area contributed by atoms with Crippen LogP contribution in [0.5, 0.6) is 0 Å². The molecule has 1 heterocycles. The fourth-order valence-corrected chi connectivity index (χ4v) is 2.86. The second-order valence-corrected chi connectivity index (χ2v) is 6.39. The molecule has 0 saturated heterocycles. The van der Waals surface area contributed by atoms with Crippen molar-refractivity contribution in [3.63, 3.8) is 0 Å². The summed E-state index contributed by atoms with van der Waals surface area (Å²) in [5, 5.41) is 5.63. The maximum absolute atomic E-state index is 3.49. The summed E-state index contributed by atoms with van der Waals surface area (Å²) in [5.74, 6) is 1.26. The second kappa shape index (κ2) is 8.97. The van der Waals surface area contributed by atoms with Gasteiger partial charge in [-0.15, -0.1) is 11.3 Å². The molecule has 1 unspecified atom stereocenters. The molecule has 1 atom stereocenters. The molecule has 0 aromatic carbocycles. The van der Waals surface area contributed by atoms with Gasteiger partial charge in [-0.2, -0.15) is 11.8 Å². The number of thiophene rings is 1. The average Bonchev–Trinajstić information content (AvgIpc) is 2.84. The van der Waals surface area contributed by atoms with Gasteiger partial charge in [0, 0.05) is 30.6 Å². The lowest BCUT2D eigenvalue weighted by atomic mass is 10.2. The zero-order valence-corrected chi connectivity index (χ0v) is 12.7. The summed E-state index contributed by atoms with van der Waals surface area (Å²) in [6.45, 7) is 5.51. The zero-order valence-electron chi connectivity index (χ0n) is 11.1. The molecule has 1 aromatic rings. The van der Waals surface area contributed by atoms with Gasteiger partial charge in [-0.1, -0.05) is 6.07 Å². The molecule has 2 nitrogen and oxygen atoms in total. The summed E-state index contributed by atoms with van der Waals surface area (Å²) in [6.07, 6.45) is 3.46. The molecule has 98 valence electrons. The van der Waals surface area contributed by atoms with Crippen LogP contribution in [0.4, 0.5) is 0 Å². The van der Waals surface area contributed by atoms with E-state index in [-0.39, 0.29) is 0 Å². The van der Waals surface area contributed by atoms with Crippen LogP contribution in [0.15, 0.2) is 17.5 Å². The van der Waals surface area contributed by atoms with E-state index in [1.54, 1.807) is 0 Å². The molecule has 0 spiro atoms. The number of thioether (sulfide) groups is 1. The monoisotopic (exact) mass is 272 g/mol. The quantitative estimate of drug-likeness (QED) is 0.696. The van der Waals surface area contributed by atoms with E-state index in [1.165, 1.54) is 17.1 Å². The van der Waals surface area contributed by atoms with Crippen molar-refractivity contribution in [2.75, 3.05) is 32.1 Å².